The van der Waals surface area contributed by atoms with E-state index in [0.29, 0.717) is 6.54 Å². The molecule has 1 aromatic heterocycles. The summed E-state index contributed by atoms with van der Waals surface area (Å²) in [5.41, 5.74) is 3.97. The Balaban J connectivity index is 2.30. The number of benzene rings is 1. The molecule has 0 saturated carbocycles. The van der Waals surface area contributed by atoms with Crippen LogP contribution in [0.5, 0.6) is 0 Å². The number of hydrogen-bond acceptors (Lipinski definition) is 1. The predicted molar refractivity (Wildman–Crippen MR) is 75.8 cm³/mol. The predicted octanol–water partition coefficient (Wildman–Crippen LogP) is 2.92. The molecule has 1 aliphatic heterocycles. The Morgan fingerprint density at radius 1 is 1.44 bits per heavy atom. The van der Waals surface area contributed by atoms with Crippen molar-refractivity contribution in [3.05, 3.63) is 34.5 Å². The minimum absolute atomic E-state index is 0.636. The maximum Gasteiger partial charge on any atom is 0.0837 e. The molecule has 2 nitrogen and oxygen atoms in total. The summed E-state index contributed by atoms with van der Waals surface area (Å²) in [5, 5.41) is 2.04. The van der Waals surface area contributed by atoms with E-state index in [2.05, 4.69) is 34.6 Å². The lowest BCUT2D eigenvalue weighted by Crippen LogP contribution is -2.27. The fourth-order valence-corrected chi connectivity index (χ4v) is 3.00. The number of rotatable bonds is 1. The molecule has 0 fully saturated rings. The molecule has 92 valence electrons. The van der Waals surface area contributed by atoms with Crippen LogP contribution in [0, 0.1) is 12.3 Å². The molecule has 2 aromatic rings. The number of halogens is 1. The van der Waals surface area contributed by atoms with Crippen LogP contribution in [0.4, 0.5) is 0 Å². The van der Waals surface area contributed by atoms with E-state index in [-0.39, 0.29) is 0 Å². The zero-order chi connectivity index (χ0) is 12.7. The molecule has 0 amide bonds. The minimum Gasteiger partial charge on any atom is -0.333 e. The van der Waals surface area contributed by atoms with E-state index in [0.717, 1.165) is 24.5 Å². The highest BCUT2D eigenvalue weighted by molar-refractivity contribution is 6.31. The van der Waals surface area contributed by atoms with Crippen molar-refractivity contribution in [1.82, 2.24) is 9.47 Å². The third-order valence-corrected chi connectivity index (χ3v) is 3.89. The molecule has 0 saturated heterocycles. The zero-order valence-corrected chi connectivity index (χ0v) is 11.2. The highest BCUT2D eigenvalue weighted by Crippen LogP contribution is 2.32. The van der Waals surface area contributed by atoms with Crippen molar-refractivity contribution in [3.63, 3.8) is 0 Å². The highest BCUT2D eigenvalue weighted by Gasteiger charge is 2.21. The quantitative estimate of drug-likeness (QED) is 0.714. The number of hydrogen-bond donors (Lipinski definition) is 0. The van der Waals surface area contributed by atoms with Gasteiger partial charge in [0.25, 0.3) is 0 Å². The minimum atomic E-state index is 0.636. The summed E-state index contributed by atoms with van der Waals surface area (Å²) in [5.74, 6) is 2.75. The molecule has 0 atom stereocenters. The molecule has 3 heteroatoms. The van der Waals surface area contributed by atoms with Crippen LogP contribution in [0.25, 0.3) is 10.9 Å². The van der Waals surface area contributed by atoms with E-state index in [1.54, 1.807) is 0 Å². The fourth-order valence-electron chi connectivity index (χ4n) is 2.83. The number of fused-ring (bicyclic) bond motifs is 3. The molecular formula is C15H15ClN2. The van der Waals surface area contributed by atoms with Gasteiger partial charge >= 0.3 is 0 Å². The van der Waals surface area contributed by atoms with Crippen LogP contribution < -0.4 is 0 Å². The zero-order valence-electron chi connectivity index (χ0n) is 10.4. The Morgan fingerprint density at radius 2 is 2.28 bits per heavy atom. The smallest absolute Gasteiger partial charge is 0.0837 e. The van der Waals surface area contributed by atoms with Gasteiger partial charge in [-0.25, -0.2) is 0 Å². The van der Waals surface area contributed by atoms with E-state index in [1.807, 2.05) is 6.07 Å². The topological polar surface area (TPSA) is 8.17 Å². The molecule has 0 bridgehead atoms. The van der Waals surface area contributed by atoms with Crippen molar-refractivity contribution < 1.29 is 0 Å². The third-order valence-electron chi connectivity index (χ3n) is 3.66. The van der Waals surface area contributed by atoms with E-state index < -0.39 is 0 Å². The van der Waals surface area contributed by atoms with E-state index in [9.17, 15) is 0 Å². The van der Waals surface area contributed by atoms with Crippen molar-refractivity contribution >= 4 is 22.5 Å². The van der Waals surface area contributed by atoms with Crippen LogP contribution >= 0.6 is 11.6 Å². The first-order valence-corrected chi connectivity index (χ1v) is 6.50. The summed E-state index contributed by atoms with van der Waals surface area (Å²) in [6.07, 6.45) is 6.55. The van der Waals surface area contributed by atoms with Gasteiger partial charge in [-0.3, -0.25) is 0 Å². The van der Waals surface area contributed by atoms with Gasteiger partial charge in [-0.2, -0.15) is 0 Å². The second kappa shape index (κ2) is 4.35. The second-order valence-corrected chi connectivity index (χ2v) is 5.30. The van der Waals surface area contributed by atoms with E-state index in [4.69, 9.17) is 18.0 Å². The molecular weight excluding hydrogens is 244 g/mol. The molecule has 0 radical (unpaired) electrons. The van der Waals surface area contributed by atoms with Crippen LogP contribution in [0.2, 0.25) is 5.02 Å². The Kier molecular flexibility index (Phi) is 2.81. The first kappa shape index (κ1) is 11.6. The van der Waals surface area contributed by atoms with Crippen LogP contribution in [-0.2, 0) is 19.5 Å². The lowest BCUT2D eigenvalue weighted by Gasteiger charge is -2.23. The summed E-state index contributed by atoms with van der Waals surface area (Å²) in [6, 6.07) is 6.07. The summed E-state index contributed by atoms with van der Waals surface area (Å²) in [7, 11) is 2.15. The van der Waals surface area contributed by atoms with Gasteiger partial charge in [0.15, 0.2) is 0 Å². The molecule has 18 heavy (non-hydrogen) atoms. The second-order valence-electron chi connectivity index (χ2n) is 4.86. The van der Waals surface area contributed by atoms with Crippen molar-refractivity contribution in [2.75, 3.05) is 13.6 Å². The Bertz CT molecular complexity index is 649. The normalized spacial score (nSPS) is 15.6. The Labute approximate surface area is 112 Å². The standard InChI is InChI=1S/C15H15ClN2/c1-3-7-18-14-5-4-11(16)9-12(14)13-10-17(2)8-6-15(13)18/h1,4-5,9H,6-8,10H2,2H3. The molecule has 3 rings (SSSR count). The molecule has 2 heterocycles. The number of likely N-dealkylation sites (N-methyl/N-ethyl adjacent to an activating group) is 1. The number of terminal acetylenes is 1. The summed E-state index contributed by atoms with van der Waals surface area (Å²) >= 11 is 6.12. The summed E-state index contributed by atoms with van der Waals surface area (Å²) < 4.78 is 2.26. The van der Waals surface area contributed by atoms with Crippen LogP contribution in [0.3, 0.4) is 0 Å². The van der Waals surface area contributed by atoms with Crippen LogP contribution in [0.1, 0.15) is 11.3 Å². The van der Waals surface area contributed by atoms with Crippen molar-refractivity contribution in [3.8, 4) is 12.3 Å². The Hall–Kier alpha value is -1.43. The van der Waals surface area contributed by atoms with Gasteiger partial charge < -0.3 is 9.47 Å². The molecule has 0 unspecified atom stereocenters. The Morgan fingerprint density at radius 3 is 3.06 bits per heavy atom. The van der Waals surface area contributed by atoms with Crippen LogP contribution in [-0.4, -0.2) is 23.1 Å². The average molecular weight is 259 g/mol. The molecule has 0 N–H and O–H groups in total. The summed E-state index contributed by atoms with van der Waals surface area (Å²) in [6.45, 7) is 2.70. The monoisotopic (exact) mass is 258 g/mol. The van der Waals surface area contributed by atoms with Gasteiger partial charge in [0.1, 0.15) is 0 Å². The first-order valence-electron chi connectivity index (χ1n) is 6.12. The molecule has 1 aromatic carbocycles. The van der Waals surface area contributed by atoms with Gasteiger partial charge in [-0.15, -0.1) is 6.42 Å². The van der Waals surface area contributed by atoms with E-state index in [1.165, 1.54) is 22.2 Å². The maximum atomic E-state index is 6.12. The van der Waals surface area contributed by atoms with Gasteiger partial charge in [0.2, 0.25) is 0 Å². The van der Waals surface area contributed by atoms with E-state index >= 15 is 0 Å². The van der Waals surface area contributed by atoms with Crippen LogP contribution in [0.15, 0.2) is 18.2 Å². The fraction of sp³-hybridized carbons (Fsp3) is 0.333. The van der Waals surface area contributed by atoms with Gasteiger partial charge in [-0.1, -0.05) is 17.5 Å². The van der Waals surface area contributed by atoms with Gasteiger partial charge in [0, 0.05) is 41.1 Å². The molecule has 1 aliphatic rings. The average Bonchev–Trinajstić information content (AvgIpc) is 2.64. The lowest BCUT2D eigenvalue weighted by molar-refractivity contribution is 0.310. The van der Waals surface area contributed by atoms with Gasteiger partial charge in [0.05, 0.1) is 6.54 Å². The van der Waals surface area contributed by atoms with Crippen molar-refractivity contribution in [1.29, 1.82) is 0 Å². The first-order chi connectivity index (χ1) is 8.70. The number of nitrogens with zero attached hydrogens (tertiary/aromatic N) is 2. The molecule has 0 spiro atoms. The number of aromatic nitrogens is 1. The lowest BCUT2D eigenvalue weighted by atomic mass is 10.1. The largest absolute Gasteiger partial charge is 0.333 e. The third kappa shape index (κ3) is 1.71. The highest BCUT2D eigenvalue weighted by atomic mass is 35.5. The van der Waals surface area contributed by atoms with Crippen molar-refractivity contribution in [2.24, 2.45) is 0 Å². The SMILES string of the molecule is C#CCn1c2c(c3cc(Cl)ccc31)CN(C)CC2. The summed E-state index contributed by atoms with van der Waals surface area (Å²) in [4.78, 5) is 2.34. The van der Waals surface area contributed by atoms with Crippen molar-refractivity contribution in [2.45, 2.75) is 19.5 Å². The maximum absolute atomic E-state index is 6.12. The molecule has 0 aliphatic carbocycles. The van der Waals surface area contributed by atoms with Gasteiger partial charge in [-0.05, 0) is 30.8 Å².